The van der Waals surface area contributed by atoms with Crippen molar-refractivity contribution < 1.29 is 13.6 Å². The van der Waals surface area contributed by atoms with Crippen molar-refractivity contribution in [2.24, 2.45) is 0 Å². The Bertz CT molecular complexity index is 779. The molecule has 2 aromatic rings. The maximum Gasteiger partial charge on any atom is 0.262 e. The van der Waals surface area contributed by atoms with Crippen molar-refractivity contribution in [1.82, 2.24) is 5.32 Å². The summed E-state index contributed by atoms with van der Waals surface area (Å²) in [7, 11) is 0. The van der Waals surface area contributed by atoms with Crippen LogP contribution in [0.2, 0.25) is 0 Å². The molecule has 5 heteroatoms. The monoisotopic (exact) mass is 312 g/mol. The minimum absolute atomic E-state index is 0.182. The van der Waals surface area contributed by atoms with Crippen LogP contribution in [0, 0.1) is 23.0 Å². The lowest BCUT2D eigenvalue weighted by Gasteiger charge is -2.13. The molecule has 1 atom stereocenters. The number of nitrogens with one attached hydrogen (secondary N) is 1. The number of nitriles is 1. The number of rotatable bonds is 4. The van der Waals surface area contributed by atoms with Gasteiger partial charge in [0.2, 0.25) is 0 Å². The molecule has 1 unspecified atom stereocenters. The van der Waals surface area contributed by atoms with E-state index >= 15 is 0 Å². The molecule has 2 aromatic carbocycles. The van der Waals surface area contributed by atoms with Crippen molar-refractivity contribution in [3.8, 4) is 6.07 Å². The molecule has 3 nitrogen and oxygen atoms in total. The van der Waals surface area contributed by atoms with Gasteiger partial charge in [0.1, 0.15) is 11.6 Å². The van der Waals surface area contributed by atoms with Gasteiger partial charge in [0.15, 0.2) is 11.6 Å². The molecule has 1 N–H and O–H groups in total. The van der Waals surface area contributed by atoms with E-state index < -0.39 is 17.5 Å². The van der Waals surface area contributed by atoms with Gasteiger partial charge in [-0.2, -0.15) is 5.26 Å². The molecule has 0 spiro atoms. The van der Waals surface area contributed by atoms with Crippen LogP contribution in [0.25, 0.3) is 6.08 Å². The minimum Gasteiger partial charge on any atom is -0.345 e. The van der Waals surface area contributed by atoms with Gasteiger partial charge in [-0.25, -0.2) is 8.78 Å². The van der Waals surface area contributed by atoms with Crippen LogP contribution >= 0.6 is 0 Å². The Hall–Kier alpha value is -3.00. The Morgan fingerprint density at radius 2 is 1.87 bits per heavy atom. The zero-order valence-electron chi connectivity index (χ0n) is 12.4. The Morgan fingerprint density at radius 3 is 2.48 bits per heavy atom. The number of halogens is 2. The molecule has 2 rings (SSSR count). The molecular formula is C18H14F2N2O. The van der Waals surface area contributed by atoms with E-state index in [-0.39, 0.29) is 17.2 Å². The Kier molecular flexibility index (Phi) is 5.21. The van der Waals surface area contributed by atoms with E-state index in [1.165, 1.54) is 12.1 Å². The molecule has 0 saturated carbocycles. The molecule has 1 amide bonds. The zero-order valence-corrected chi connectivity index (χ0v) is 12.4. The third-order valence-corrected chi connectivity index (χ3v) is 3.27. The third kappa shape index (κ3) is 4.24. The normalized spacial score (nSPS) is 12.3. The van der Waals surface area contributed by atoms with Crippen molar-refractivity contribution in [1.29, 1.82) is 5.26 Å². The van der Waals surface area contributed by atoms with Crippen LogP contribution in [-0.4, -0.2) is 5.91 Å². The lowest BCUT2D eigenvalue weighted by atomic mass is 10.1. The fourth-order valence-corrected chi connectivity index (χ4v) is 2.02. The molecule has 0 aliphatic rings. The van der Waals surface area contributed by atoms with Crippen LogP contribution in [-0.2, 0) is 4.79 Å². The highest BCUT2D eigenvalue weighted by molar-refractivity contribution is 6.01. The van der Waals surface area contributed by atoms with Gasteiger partial charge in [-0.15, -0.1) is 0 Å². The summed E-state index contributed by atoms with van der Waals surface area (Å²) < 4.78 is 26.1. The van der Waals surface area contributed by atoms with Crippen molar-refractivity contribution in [3.05, 3.63) is 76.9 Å². The van der Waals surface area contributed by atoms with E-state index in [1.807, 2.05) is 30.3 Å². The number of amides is 1. The van der Waals surface area contributed by atoms with E-state index in [0.717, 1.165) is 17.7 Å². The molecule has 0 aromatic heterocycles. The van der Waals surface area contributed by atoms with Gasteiger partial charge in [-0.1, -0.05) is 36.4 Å². The highest BCUT2D eigenvalue weighted by Crippen LogP contribution is 2.15. The average Bonchev–Trinajstić information content (AvgIpc) is 2.56. The zero-order chi connectivity index (χ0) is 16.8. The summed E-state index contributed by atoms with van der Waals surface area (Å²) >= 11 is 0. The maximum absolute atomic E-state index is 13.2. The third-order valence-electron chi connectivity index (χ3n) is 3.27. The van der Waals surface area contributed by atoms with Gasteiger partial charge < -0.3 is 5.32 Å². The summed E-state index contributed by atoms with van der Waals surface area (Å²) in [6, 6.07) is 13.9. The number of hydrogen-bond acceptors (Lipinski definition) is 2. The number of hydrogen-bond donors (Lipinski definition) is 1. The number of carbonyl (C=O) groups is 1. The molecule has 116 valence electrons. The minimum atomic E-state index is -1.03. The first kappa shape index (κ1) is 16.4. The Morgan fingerprint density at radius 1 is 1.17 bits per heavy atom. The number of benzene rings is 2. The molecule has 0 saturated heterocycles. The van der Waals surface area contributed by atoms with E-state index in [1.54, 1.807) is 13.0 Å². The predicted octanol–water partition coefficient (Wildman–Crippen LogP) is 3.75. The Labute approximate surface area is 132 Å². The van der Waals surface area contributed by atoms with Gasteiger partial charge in [0.25, 0.3) is 5.91 Å². The molecule has 0 fully saturated rings. The molecule has 0 aliphatic carbocycles. The standard InChI is InChI=1S/C18H14F2N2O/c1-12(14-5-3-2-4-6-14)22-18(23)15(11-21)9-13-7-8-16(19)17(20)10-13/h2-10,12H,1H3,(H,22,23)/b15-9-. The lowest BCUT2D eigenvalue weighted by Crippen LogP contribution is -2.27. The number of nitrogens with zero attached hydrogens (tertiary/aromatic N) is 1. The van der Waals surface area contributed by atoms with Gasteiger partial charge in [-0.3, -0.25) is 4.79 Å². The summed E-state index contributed by atoms with van der Waals surface area (Å²) in [4.78, 5) is 12.1. The first-order valence-corrected chi connectivity index (χ1v) is 6.94. The molecule has 23 heavy (non-hydrogen) atoms. The average molecular weight is 312 g/mol. The van der Waals surface area contributed by atoms with Gasteiger partial charge in [0, 0.05) is 0 Å². The molecular weight excluding hydrogens is 298 g/mol. The summed E-state index contributed by atoms with van der Waals surface area (Å²) in [5.74, 6) is -2.59. The summed E-state index contributed by atoms with van der Waals surface area (Å²) in [5.41, 5.74) is 0.952. The topological polar surface area (TPSA) is 52.9 Å². The quantitative estimate of drug-likeness (QED) is 0.690. The second-order valence-corrected chi connectivity index (χ2v) is 4.95. The summed E-state index contributed by atoms with van der Waals surface area (Å²) in [6.45, 7) is 1.79. The van der Waals surface area contributed by atoms with Crippen LogP contribution < -0.4 is 5.32 Å². The summed E-state index contributed by atoms with van der Waals surface area (Å²) in [5, 5.41) is 11.8. The number of carbonyl (C=O) groups excluding carboxylic acids is 1. The Balaban J connectivity index is 2.17. The molecule has 0 heterocycles. The first-order valence-electron chi connectivity index (χ1n) is 6.94. The highest BCUT2D eigenvalue weighted by Gasteiger charge is 2.14. The van der Waals surface area contributed by atoms with Crippen LogP contribution in [0.15, 0.2) is 54.1 Å². The van der Waals surface area contributed by atoms with E-state index in [9.17, 15) is 13.6 Å². The SMILES string of the molecule is CC(NC(=O)/C(C#N)=C\c1ccc(F)c(F)c1)c1ccccc1. The largest absolute Gasteiger partial charge is 0.345 e. The van der Waals surface area contributed by atoms with Crippen molar-refractivity contribution in [2.75, 3.05) is 0 Å². The van der Waals surface area contributed by atoms with Crippen LogP contribution in [0.5, 0.6) is 0 Å². The highest BCUT2D eigenvalue weighted by atomic mass is 19.2. The fraction of sp³-hybridized carbons (Fsp3) is 0.111. The maximum atomic E-state index is 13.2. The van der Waals surface area contributed by atoms with Crippen LogP contribution in [0.4, 0.5) is 8.78 Å². The lowest BCUT2D eigenvalue weighted by molar-refractivity contribution is -0.117. The van der Waals surface area contributed by atoms with Gasteiger partial charge in [0.05, 0.1) is 6.04 Å². The first-order chi connectivity index (χ1) is 11.0. The van der Waals surface area contributed by atoms with Crippen molar-refractivity contribution >= 4 is 12.0 Å². The summed E-state index contributed by atoms with van der Waals surface area (Å²) in [6.07, 6.45) is 1.22. The second-order valence-electron chi connectivity index (χ2n) is 4.95. The predicted molar refractivity (Wildman–Crippen MR) is 82.9 cm³/mol. The molecule has 0 aliphatic heterocycles. The van der Waals surface area contributed by atoms with Gasteiger partial charge in [-0.05, 0) is 36.3 Å². The second kappa shape index (κ2) is 7.32. The molecule has 0 bridgehead atoms. The van der Waals surface area contributed by atoms with Gasteiger partial charge >= 0.3 is 0 Å². The van der Waals surface area contributed by atoms with Crippen molar-refractivity contribution in [2.45, 2.75) is 13.0 Å². The van der Waals surface area contributed by atoms with Crippen molar-refractivity contribution in [3.63, 3.8) is 0 Å². The van der Waals surface area contributed by atoms with Crippen LogP contribution in [0.3, 0.4) is 0 Å². The smallest absolute Gasteiger partial charge is 0.262 e. The fourth-order valence-electron chi connectivity index (χ4n) is 2.02. The molecule has 0 radical (unpaired) electrons. The van der Waals surface area contributed by atoms with E-state index in [0.29, 0.717) is 0 Å². The van der Waals surface area contributed by atoms with E-state index in [2.05, 4.69) is 5.32 Å². The van der Waals surface area contributed by atoms with E-state index in [4.69, 9.17) is 5.26 Å². The van der Waals surface area contributed by atoms with Crippen LogP contribution in [0.1, 0.15) is 24.1 Å².